The summed E-state index contributed by atoms with van der Waals surface area (Å²) in [4.78, 5) is 4.08. The molecule has 0 heterocycles. The normalized spacial score (nSPS) is 12.2. The van der Waals surface area contributed by atoms with Crippen molar-refractivity contribution >= 4 is 5.96 Å². The Bertz CT molecular complexity index is 548. The lowest BCUT2D eigenvalue weighted by atomic mass is 10.1. The number of methoxy groups -OCH3 is 1. The minimum Gasteiger partial charge on any atom is -0.496 e. The van der Waals surface area contributed by atoms with Gasteiger partial charge in [0.1, 0.15) is 12.4 Å². The molecule has 142 valence electrons. The number of nitrogens with one attached hydrogen (secondary N) is 2. The maximum absolute atomic E-state index is 11.9. The SMILES string of the molecule is CN=C(NCCCOCC(F)(F)F)NCCc1cc(C)ccc1OC. The van der Waals surface area contributed by atoms with Gasteiger partial charge < -0.3 is 20.1 Å². The van der Waals surface area contributed by atoms with Gasteiger partial charge in [-0.05, 0) is 31.4 Å². The van der Waals surface area contributed by atoms with Crippen LogP contribution in [0.2, 0.25) is 0 Å². The van der Waals surface area contributed by atoms with Gasteiger partial charge in [0.05, 0.1) is 7.11 Å². The summed E-state index contributed by atoms with van der Waals surface area (Å²) in [5, 5.41) is 6.21. The van der Waals surface area contributed by atoms with E-state index < -0.39 is 12.8 Å². The minimum absolute atomic E-state index is 0.0456. The molecule has 0 saturated heterocycles. The summed E-state index contributed by atoms with van der Waals surface area (Å²) in [6.07, 6.45) is -3.05. The number of hydrogen-bond donors (Lipinski definition) is 2. The molecule has 1 aromatic rings. The fourth-order valence-corrected chi connectivity index (χ4v) is 2.21. The van der Waals surface area contributed by atoms with Crippen molar-refractivity contribution in [2.75, 3.05) is 40.5 Å². The van der Waals surface area contributed by atoms with Gasteiger partial charge in [0.2, 0.25) is 0 Å². The van der Waals surface area contributed by atoms with Crippen LogP contribution in [0.1, 0.15) is 17.5 Å². The van der Waals surface area contributed by atoms with Crippen LogP contribution in [0.15, 0.2) is 23.2 Å². The maximum atomic E-state index is 11.9. The van der Waals surface area contributed by atoms with Gasteiger partial charge in [-0.2, -0.15) is 13.2 Å². The molecule has 0 aliphatic rings. The second-order valence-corrected chi connectivity index (χ2v) is 5.51. The molecule has 0 unspecified atom stereocenters. The van der Waals surface area contributed by atoms with Crippen LogP contribution in [0.3, 0.4) is 0 Å². The lowest BCUT2D eigenvalue weighted by molar-refractivity contribution is -0.173. The summed E-state index contributed by atoms with van der Waals surface area (Å²) in [7, 11) is 3.28. The molecule has 0 radical (unpaired) electrons. The van der Waals surface area contributed by atoms with Gasteiger partial charge in [-0.3, -0.25) is 4.99 Å². The minimum atomic E-state index is -4.28. The first-order valence-corrected chi connectivity index (χ1v) is 8.08. The molecule has 1 aromatic carbocycles. The van der Waals surface area contributed by atoms with Gasteiger partial charge in [0, 0.05) is 26.7 Å². The van der Waals surface area contributed by atoms with Crippen LogP contribution in [-0.4, -0.2) is 52.6 Å². The summed E-state index contributed by atoms with van der Waals surface area (Å²) >= 11 is 0. The molecule has 0 amide bonds. The maximum Gasteiger partial charge on any atom is 0.411 e. The number of aryl methyl sites for hydroxylation is 1. The monoisotopic (exact) mass is 361 g/mol. The van der Waals surface area contributed by atoms with Gasteiger partial charge >= 0.3 is 6.18 Å². The highest BCUT2D eigenvalue weighted by Gasteiger charge is 2.27. The quantitative estimate of drug-likeness (QED) is 0.403. The summed E-state index contributed by atoms with van der Waals surface area (Å²) < 4.78 is 45.7. The first-order valence-electron chi connectivity index (χ1n) is 8.08. The summed E-state index contributed by atoms with van der Waals surface area (Å²) in [6, 6.07) is 6.02. The Balaban J connectivity index is 2.25. The zero-order valence-electron chi connectivity index (χ0n) is 14.9. The number of ether oxygens (including phenoxy) is 2. The van der Waals surface area contributed by atoms with Crippen molar-refractivity contribution in [3.63, 3.8) is 0 Å². The zero-order chi connectivity index (χ0) is 18.7. The fraction of sp³-hybridized carbons (Fsp3) is 0.588. The van der Waals surface area contributed by atoms with Gasteiger partial charge in [-0.15, -0.1) is 0 Å². The Morgan fingerprint density at radius 3 is 2.56 bits per heavy atom. The molecule has 0 aliphatic heterocycles. The third-order valence-corrected chi connectivity index (χ3v) is 3.37. The van der Waals surface area contributed by atoms with Crippen LogP contribution in [0.4, 0.5) is 13.2 Å². The second-order valence-electron chi connectivity index (χ2n) is 5.51. The summed E-state index contributed by atoms with van der Waals surface area (Å²) in [5.41, 5.74) is 2.27. The predicted molar refractivity (Wildman–Crippen MR) is 92.3 cm³/mol. The molecule has 0 atom stereocenters. The van der Waals surface area contributed by atoms with E-state index in [9.17, 15) is 13.2 Å². The summed E-state index contributed by atoms with van der Waals surface area (Å²) in [5.74, 6) is 1.44. The van der Waals surface area contributed by atoms with Crippen LogP contribution >= 0.6 is 0 Å². The molecule has 2 N–H and O–H groups in total. The molecule has 0 saturated carbocycles. The molecule has 1 rings (SSSR count). The smallest absolute Gasteiger partial charge is 0.411 e. The molecule has 25 heavy (non-hydrogen) atoms. The first kappa shape index (κ1) is 21.1. The third-order valence-electron chi connectivity index (χ3n) is 3.37. The van der Waals surface area contributed by atoms with Crippen LogP contribution in [0.25, 0.3) is 0 Å². The Labute approximate surface area is 146 Å². The molecule has 0 fully saturated rings. The van der Waals surface area contributed by atoms with Crippen molar-refractivity contribution in [1.82, 2.24) is 10.6 Å². The van der Waals surface area contributed by atoms with E-state index in [4.69, 9.17) is 4.74 Å². The number of nitrogens with zero attached hydrogens (tertiary/aromatic N) is 1. The molecule has 8 heteroatoms. The van der Waals surface area contributed by atoms with Crippen LogP contribution in [0, 0.1) is 6.92 Å². The van der Waals surface area contributed by atoms with Crippen molar-refractivity contribution in [2.45, 2.75) is 25.9 Å². The lowest BCUT2D eigenvalue weighted by Crippen LogP contribution is -2.39. The van der Waals surface area contributed by atoms with Gasteiger partial charge in [0.15, 0.2) is 5.96 Å². The van der Waals surface area contributed by atoms with E-state index >= 15 is 0 Å². The van der Waals surface area contributed by atoms with Crippen molar-refractivity contribution in [2.24, 2.45) is 4.99 Å². The molecule has 0 spiro atoms. The van der Waals surface area contributed by atoms with E-state index in [-0.39, 0.29) is 6.61 Å². The molecule has 0 aromatic heterocycles. The highest BCUT2D eigenvalue weighted by molar-refractivity contribution is 5.79. The number of alkyl halides is 3. The molecule has 0 bridgehead atoms. The Hall–Kier alpha value is -1.96. The van der Waals surface area contributed by atoms with Crippen LogP contribution in [-0.2, 0) is 11.2 Å². The highest BCUT2D eigenvalue weighted by atomic mass is 19.4. The molecular weight excluding hydrogens is 335 g/mol. The zero-order valence-corrected chi connectivity index (χ0v) is 14.9. The van der Waals surface area contributed by atoms with Gasteiger partial charge in [-0.25, -0.2) is 0 Å². The standard InChI is InChI=1S/C17H26F3N3O2/c1-13-5-6-15(24-3)14(11-13)7-9-23-16(21-2)22-8-4-10-25-12-17(18,19)20/h5-6,11H,4,7-10,12H2,1-3H3,(H2,21,22,23). The van der Waals surface area contributed by atoms with Crippen LogP contribution in [0.5, 0.6) is 5.75 Å². The topological polar surface area (TPSA) is 54.9 Å². The van der Waals surface area contributed by atoms with E-state index in [1.165, 1.54) is 0 Å². The number of guanidine groups is 1. The van der Waals surface area contributed by atoms with E-state index in [0.717, 1.165) is 23.3 Å². The third kappa shape index (κ3) is 9.19. The fourth-order valence-electron chi connectivity index (χ4n) is 2.21. The lowest BCUT2D eigenvalue weighted by Gasteiger charge is -2.14. The Morgan fingerprint density at radius 2 is 1.92 bits per heavy atom. The van der Waals surface area contributed by atoms with Crippen molar-refractivity contribution in [3.8, 4) is 5.75 Å². The van der Waals surface area contributed by atoms with Crippen molar-refractivity contribution in [3.05, 3.63) is 29.3 Å². The molecule has 0 aliphatic carbocycles. The largest absolute Gasteiger partial charge is 0.496 e. The molecule has 5 nitrogen and oxygen atoms in total. The van der Waals surface area contributed by atoms with Crippen molar-refractivity contribution < 1.29 is 22.6 Å². The predicted octanol–water partition coefficient (Wildman–Crippen LogP) is 2.68. The second kappa shape index (κ2) is 10.8. The van der Waals surface area contributed by atoms with E-state index in [0.29, 0.717) is 25.5 Å². The first-order chi connectivity index (χ1) is 11.9. The Morgan fingerprint density at radius 1 is 1.20 bits per heavy atom. The average Bonchev–Trinajstić information content (AvgIpc) is 2.55. The van der Waals surface area contributed by atoms with Gasteiger partial charge in [0.25, 0.3) is 0 Å². The number of benzene rings is 1. The van der Waals surface area contributed by atoms with E-state index in [2.05, 4.69) is 26.4 Å². The summed E-state index contributed by atoms with van der Waals surface area (Å²) in [6.45, 7) is 2.00. The number of hydrogen-bond acceptors (Lipinski definition) is 3. The number of aliphatic imine (C=N–C) groups is 1. The number of rotatable bonds is 9. The highest BCUT2D eigenvalue weighted by Crippen LogP contribution is 2.19. The van der Waals surface area contributed by atoms with Crippen LogP contribution < -0.4 is 15.4 Å². The molecular formula is C17H26F3N3O2. The Kier molecular flexibility index (Phi) is 9.12. The number of halogens is 3. The van der Waals surface area contributed by atoms with Crippen molar-refractivity contribution in [1.29, 1.82) is 0 Å². The van der Waals surface area contributed by atoms with E-state index in [1.54, 1.807) is 14.2 Å². The average molecular weight is 361 g/mol. The van der Waals surface area contributed by atoms with Gasteiger partial charge in [-0.1, -0.05) is 17.7 Å². The van der Waals surface area contributed by atoms with E-state index in [1.807, 2.05) is 19.1 Å².